The highest BCUT2D eigenvalue weighted by Gasteiger charge is 2.18. The average molecular weight is 458 g/mol. The molecule has 1 aliphatic heterocycles. The summed E-state index contributed by atoms with van der Waals surface area (Å²) in [7, 11) is 1.74. The van der Waals surface area contributed by atoms with Crippen LogP contribution in [0.4, 0.5) is 5.69 Å². The molecule has 1 aromatic carbocycles. The molecule has 1 saturated heterocycles. The normalized spacial score (nSPS) is 14.7. The lowest BCUT2D eigenvalue weighted by atomic mass is 10.1. The van der Waals surface area contributed by atoms with Gasteiger partial charge in [-0.25, -0.2) is 0 Å². The quantitative estimate of drug-likeness (QED) is 0.478. The molecular formula is C26H27N5O3. The van der Waals surface area contributed by atoms with Crippen LogP contribution < -0.4 is 16.2 Å². The first-order valence-corrected chi connectivity index (χ1v) is 11.5. The Kier molecular flexibility index (Phi) is 6.24. The van der Waals surface area contributed by atoms with Crippen molar-refractivity contribution in [3.63, 3.8) is 0 Å². The van der Waals surface area contributed by atoms with Gasteiger partial charge in [0.05, 0.1) is 11.9 Å². The number of anilines is 1. The molecule has 4 aromatic rings. The van der Waals surface area contributed by atoms with Crippen LogP contribution in [0.1, 0.15) is 22.7 Å². The number of amides is 1. The minimum atomic E-state index is -0.282. The number of fused-ring (bicyclic) bond motifs is 1. The molecule has 1 amide bonds. The topological polar surface area (TPSA) is 92.4 Å². The van der Waals surface area contributed by atoms with Crippen molar-refractivity contribution < 1.29 is 9.21 Å². The number of nitrogens with one attached hydrogen (secondary N) is 2. The first-order chi connectivity index (χ1) is 16.6. The van der Waals surface area contributed by atoms with Crippen molar-refractivity contribution in [1.29, 1.82) is 0 Å². The number of benzene rings is 1. The zero-order chi connectivity index (χ0) is 23.5. The number of nitrogens with zero attached hydrogens (tertiary/aromatic N) is 3. The molecule has 8 nitrogen and oxygen atoms in total. The van der Waals surface area contributed by atoms with Crippen LogP contribution in [0.2, 0.25) is 0 Å². The number of furan rings is 1. The van der Waals surface area contributed by atoms with Crippen LogP contribution in [0.25, 0.3) is 22.1 Å². The number of aryl methyl sites for hydroxylation is 1. The van der Waals surface area contributed by atoms with Gasteiger partial charge in [-0.05, 0) is 55.4 Å². The predicted molar refractivity (Wildman–Crippen MR) is 132 cm³/mol. The van der Waals surface area contributed by atoms with Gasteiger partial charge < -0.3 is 19.6 Å². The second-order valence-corrected chi connectivity index (χ2v) is 8.54. The van der Waals surface area contributed by atoms with Crippen molar-refractivity contribution in [2.24, 2.45) is 7.05 Å². The fourth-order valence-electron chi connectivity index (χ4n) is 4.32. The van der Waals surface area contributed by atoms with Crippen LogP contribution in [0, 0.1) is 0 Å². The van der Waals surface area contributed by atoms with Gasteiger partial charge in [0.1, 0.15) is 17.0 Å². The van der Waals surface area contributed by atoms with Crippen molar-refractivity contribution in [2.75, 3.05) is 31.5 Å². The van der Waals surface area contributed by atoms with Crippen molar-refractivity contribution in [3.05, 3.63) is 82.7 Å². The third-order valence-corrected chi connectivity index (χ3v) is 6.04. The number of hydrogen-bond acceptors (Lipinski definition) is 6. The van der Waals surface area contributed by atoms with Gasteiger partial charge in [-0.1, -0.05) is 18.2 Å². The zero-order valence-corrected chi connectivity index (χ0v) is 19.1. The van der Waals surface area contributed by atoms with E-state index in [1.807, 2.05) is 30.3 Å². The van der Waals surface area contributed by atoms with E-state index in [0.717, 1.165) is 49.5 Å². The molecule has 1 fully saturated rings. The molecule has 4 heterocycles. The van der Waals surface area contributed by atoms with Crippen LogP contribution in [0.15, 0.2) is 70.1 Å². The van der Waals surface area contributed by atoms with Crippen molar-refractivity contribution >= 4 is 22.6 Å². The summed E-state index contributed by atoms with van der Waals surface area (Å²) in [5.74, 6) is 0.497. The zero-order valence-electron chi connectivity index (χ0n) is 19.1. The summed E-state index contributed by atoms with van der Waals surface area (Å²) in [6.45, 7) is 4.57. The van der Waals surface area contributed by atoms with E-state index in [1.54, 1.807) is 42.2 Å². The Morgan fingerprint density at radius 1 is 1.15 bits per heavy atom. The van der Waals surface area contributed by atoms with Crippen LogP contribution in [-0.2, 0) is 13.6 Å². The number of rotatable bonds is 5. The number of pyridine rings is 2. The first kappa shape index (κ1) is 22.1. The largest absolute Gasteiger partial charge is 0.459 e. The summed E-state index contributed by atoms with van der Waals surface area (Å²) >= 11 is 0. The summed E-state index contributed by atoms with van der Waals surface area (Å²) in [6.07, 6.45) is 4.46. The van der Waals surface area contributed by atoms with Gasteiger partial charge in [0, 0.05) is 43.8 Å². The monoisotopic (exact) mass is 457 g/mol. The van der Waals surface area contributed by atoms with Gasteiger partial charge in [0.25, 0.3) is 11.5 Å². The molecule has 5 rings (SSSR count). The lowest BCUT2D eigenvalue weighted by molar-refractivity contribution is 0.102. The average Bonchev–Trinajstić information content (AvgIpc) is 3.10. The van der Waals surface area contributed by atoms with E-state index < -0.39 is 0 Å². The molecule has 2 N–H and O–H groups in total. The van der Waals surface area contributed by atoms with E-state index in [-0.39, 0.29) is 11.5 Å². The molecule has 1 aliphatic rings. The number of carbonyl (C=O) groups excluding carboxylic acids is 1. The first-order valence-electron chi connectivity index (χ1n) is 11.5. The van der Waals surface area contributed by atoms with Crippen molar-refractivity contribution in [1.82, 2.24) is 19.8 Å². The van der Waals surface area contributed by atoms with Gasteiger partial charge in [-0.15, -0.1) is 0 Å². The van der Waals surface area contributed by atoms with Crippen LogP contribution in [-0.4, -0.2) is 46.5 Å². The molecule has 0 unspecified atom stereocenters. The molecular weight excluding hydrogens is 430 g/mol. The minimum absolute atomic E-state index is 0.0918. The molecule has 34 heavy (non-hydrogen) atoms. The summed E-state index contributed by atoms with van der Waals surface area (Å²) in [6, 6.07) is 14.6. The van der Waals surface area contributed by atoms with E-state index in [2.05, 4.69) is 20.5 Å². The molecule has 8 heteroatoms. The van der Waals surface area contributed by atoms with Crippen LogP contribution in [0.3, 0.4) is 0 Å². The summed E-state index contributed by atoms with van der Waals surface area (Å²) in [5.41, 5.74) is 3.11. The highest BCUT2D eigenvalue weighted by Crippen LogP contribution is 2.31. The molecule has 174 valence electrons. The maximum absolute atomic E-state index is 12.9. The molecule has 0 atom stereocenters. The minimum Gasteiger partial charge on any atom is -0.459 e. The highest BCUT2D eigenvalue weighted by molar-refractivity contribution is 6.03. The molecule has 0 spiro atoms. The van der Waals surface area contributed by atoms with Crippen molar-refractivity contribution in [3.8, 4) is 11.1 Å². The lowest BCUT2D eigenvalue weighted by Crippen LogP contribution is -2.27. The molecule has 0 radical (unpaired) electrons. The summed E-state index contributed by atoms with van der Waals surface area (Å²) < 4.78 is 7.83. The fourth-order valence-corrected chi connectivity index (χ4v) is 4.32. The maximum atomic E-state index is 12.9. The predicted octanol–water partition coefficient (Wildman–Crippen LogP) is 3.24. The third kappa shape index (κ3) is 4.64. The Hall–Kier alpha value is -3.75. The number of aromatic nitrogens is 2. The van der Waals surface area contributed by atoms with Gasteiger partial charge >= 0.3 is 0 Å². The second kappa shape index (κ2) is 9.62. The fraction of sp³-hybridized carbons (Fsp3) is 0.269. The molecule has 3 aromatic heterocycles. The van der Waals surface area contributed by atoms with Crippen LogP contribution in [0.5, 0.6) is 0 Å². The van der Waals surface area contributed by atoms with Gasteiger partial charge in [0.15, 0.2) is 0 Å². The van der Waals surface area contributed by atoms with E-state index in [1.165, 1.54) is 0 Å². The smallest absolute Gasteiger partial charge is 0.274 e. The van der Waals surface area contributed by atoms with Crippen molar-refractivity contribution in [2.45, 2.75) is 13.0 Å². The highest BCUT2D eigenvalue weighted by atomic mass is 16.3. The van der Waals surface area contributed by atoms with E-state index in [4.69, 9.17) is 4.42 Å². The number of hydrogen-bond donors (Lipinski definition) is 2. The van der Waals surface area contributed by atoms with E-state index in [9.17, 15) is 9.59 Å². The van der Waals surface area contributed by atoms with E-state index in [0.29, 0.717) is 28.9 Å². The lowest BCUT2D eigenvalue weighted by Gasteiger charge is -2.17. The number of carbonyl (C=O) groups is 1. The maximum Gasteiger partial charge on any atom is 0.274 e. The standard InChI is InChI=1S/C26H27N5O3/c1-30-17-22(18-6-4-7-19(14-18)29-25(32)23-8-2-3-10-28-23)24-21(26(30)33)15-20(34-24)16-31-12-5-9-27-11-13-31/h2-4,6-8,10,14-15,17,27H,5,9,11-13,16H2,1H3,(H,29,32). The Morgan fingerprint density at radius 3 is 2.91 bits per heavy atom. The second-order valence-electron chi connectivity index (χ2n) is 8.54. The Balaban J connectivity index is 1.47. The Morgan fingerprint density at radius 2 is 2.06 bits per heavy atom. The Labute approximate surface area is 197 Å². The molecule has 0 saturated carbocycles. The van der Waals surface area contributed by atoms with Gasteiger partial charge in [-0.2, -0.15) is 0 Å². The SMILES string of the molecule is Cn1cc(-c2cccc(NC(=O)c3ccccn3)c2)c2oc(CN3CCCNCC3)cc2c1=O. The summed E-state index contributed by atoms with van der Waals surface area (Å²) in [5, 5.41) is 6.86. The molecule has 0 bridgehead atoms. The van der Waals surface area contributed by atoms with Gasteiger partial charge in [0.2, 0.25) is 0 Å². The third-order valence-electron chi connectivity index (χ3n) is 6.04. The molecule has 0 aliphatic carbocycles. The van der Waals surface area contributed by atoms with E-state index >= 15 is 0 Å². The van der Waals surface area contributed by atoms with Gasteiger partial charge in [-0.3, -0.25) is 19.5 Å². The Bertz CT molecular complexity index is 1370. The summed E-state index contributed by atoms with van der Waals surface area (Å²) in [4.78, 5) is 31.8. The van der Waals surface area contributed by atoms with Crippen LogP contribution >= 0.6 is 0 Å².